The third-order valence-electron chi connectivity index (χ3n) is 7.15. The number of piperazine rings is 1. The van der Waals surface area contributed by atoms with Crippen LogP contribution in [0, 0.1) is 6.92 Å². The summed E-state index contributed by atoms with van der Waals surface area (Å²) in [5.41, 5.74) is 1.25. The molecule has 0 aliphatic carbocycles. The molecule has 1 atom stereocenters. The molecule has 9 nitrogen and oxygen atoms in total. The molecule has 190 valence electrons. The van der Waals surface area contributed by atoms with E-state index in [2.05, 4.69) is 41.9 Å². The molecule has 2 aliphatic heterocycles. The number of carbonyl (C=O) groups is 1. The summed E-state index contributed by atoms with van der Waals surface area (Å²) in [6, 6.07) is 7.99. The van der Waals surface area contributed by atoms with Gasteiger partial charge in [0.15, 0.2) is 11.0 Å². The number of halogens is 2. The molecule has 4 heterocycles. The van der Waals surface area contributed by atoms with E-state index in [0.717, 1.165) is 52.0 Å². The molecule has 2 fully saturated rings. The lowest BCUT2D eigenvalue weighted by Gasteiger charge is -2.47. The average molecular weight is 529 g/mol. The minimum absolute atomic E-state index is 0.0823. The van der Waals surface area contributed by atoms with Gasteiger partial charge in [0.2, 0.25) is 5.82 Å². The number of H-pyrrole nitrogens is 1. The standard InChI is InChI=1S/C25H30Cl2N8O/c1-3-19-15-34(24-22(27)30-21(14-28-24)23-29-16(2)31-32-23)12-13-35(19)20-8-10-33(11-9-20)25(36)17-4-6-18(26)7-5-17/h4-7,14,19-20H,3,8-13,15H2,1-2H3,(H,29,31,32)/t19-/m0/s1. The van der Waals surface area contributed by atoms with Crippen molar-refractivity contribution in [1.29, 1.82) is 0 Å². The molecule has 0 saturated carbocycles. The molecule has 1 N–H and O–H groups in total. The first kappa shape index (κ1) is 24.9. The summed E-state index contributed by atoms with van der Waals surface area (Å²) in [5.74, 6) is 1.99. The number of likely N-dealkylation sites (tertiary alicyclic amines) is 1. The number of carbonyl (C=O) groups excluding carboxylic acids is 1. The molecule has 0 spiro atoms. The lowest BCUT2D eigenvalue weighted by atomic mass is 9.97. The zero-order chi connectivity index (χ0) is 25.2. The number of anilines is 1. The maximum atomic E-state index is 12.9. The van der Waals surface area contributed by atoms with Gasteiger partial charge >= 0.3 is 0 Å². The molecule has 2 aromatic heterocycles. The van der Waals surface area contributed by atoms with Crippen LogP contribution in [0.2, 0.25) is 10.2 Å². The summed E-state index contributed by atoms with van der Waals surface area (Å²) in [4.78, 5) is 33.1. The number of benzene rings is 1. The van der Waals surface area contributed by atoms with E-state index in [1.165, 1.54) is 0 Å². The fraction of sp³-hybridized carbons (Fsp3) is 0.480. The molecule has 11 heteroatoms. The average Bonchev–Trinajstić information content (AvgIpc) is 3.34. The molecule has 0 radical (unpaired) electrons. The Hall–Kier alpha value is -2.75. The van der Waals surface area contributed by atoms with Gasteiger partial charge in [-0.2, -0.15) is 5.10 Å². The zero-order valence-electron chi connectivity index (χ0n) is 20.5. The van der Waals surface area contributed by atoms with Crippen LogP contribution in [0.25, 0.3) is 11.5 Å². The highest BCUT2D eigenvalue weighted by molar-refractivity contribution is 6.31. The van der Waals surface area contributed by atoms with Gasteiger partial charge in [0, 0.05) is 55.4 Å². The molecule has 1 aromatic carbocycles. The molecule has 36 heavy (non-hydrogen) atoms. The van der Waals surface area contributed by atoms with Crippen LogP contribution in [-0.2, 0) is 0 Å². The highest BCUT2D eigenvalue weighted by Gasteiger charge is 2.35. The van der Waals surface area contributed by atoms with Crippen LogP contribution in [0.15, 0.2) is 30.5 Å². The van der Waals surface area contributed by atoms with Crippen LogP contribution in [-0.4, -0.2) is 85.7 Å². The molecule has 2 aliphatic rings. The Kier molecular flexibility index (Phi) is 7.41. The number of amides is 1. The Bertz CT molecular complexity index is 1210. The van der Waals surface area contributed by atoms with Crippen molar-refractivity contribution in [3.63, 3.8) is 0 Å². The van der Waals surface area contributed by atoms with E-state index >= 15 is 0 Å². The predicted octanol–water partition coefficient (Wildman–Crippen LogP) is 4.08. The second-order valence-corrected chi connectivity index (χ2v) is 10.2. The van der Waals surface area contributed by atoms with E-state index in [4.69, 9.17) is 23.2 Å². The Balaban J connectivity index is 1.20. The Morgan fingerprint density at radius 1 is 1.08 bits per heavy atom. The van der Waals surface area contributed by atoms with Gasteiger partial charge in [-0.05, 0) is 50.5 Å². The van der Waals surface area contributed by atoms with Gasteiger partial charge in [0.25, 0.3) is 5.91 Å². The lowest BCUT2D eigenvalue weighted by Crippen LogP contribution is -2.58. The van der Waals surface area contributed by atoms with E-state index < -0.39 is 0 Å². The third-order valence-corrected chi connectivity index (χ3v) is 7.66. The van der Waals surface area contributed by atoms with Crippen LogP contribution in [0.4, 0.5) is 5.82 Å². The van der Waals surface area contributed by atoms with Crippen LogP contribution < -0.4 is 4.90 Å². The summed E-state index contributed by atoms with van der Waals surface area (Å²) in [7, 11) is 0. The highest BCUT2D eigenvalue weighted by Crippen LogP contribution is 2.29. The third kappa shape index (κ3) is 5.19. The molecule has 2 saturated heterocycles. The van der Waals surface area contributed by atoms with Gasteiger partial charge in [-0.15, -0.1) is 0 Å². The number of piperidine rings is 1. The SMILES string of the molecule is CC[C@H]1CN(c2ncc(-c3n[nH]c(C)n3)nc2Cl)CCN1C1CCN(C(=O)c2ccc(Cl)cc2)CC1. The predicted molar refractivity (Wildman–Crippen MR) is 141 cm³/mol. The topological polar surface area (TPSA) is 94.1 Å². The first-order chi connectivity index (χ1) is 17.4. The molecule has 0 bridgehead atoms. The number of rotatable bonds is 5. The van der Waals surface area contributed by atoms with Crippen molar-refractivity contribution < 1.29 is 4.79 Å². The summed E-state index contributed by atoms with van der Waals surface area (Å²) >= 11 is 12.5. The van der Waals surface area contributed by atoms with E-state index in [0.29, 0.717) is 51.0 Å². The number of hydrogen-bond acceptors (Lipinski definition) is 7. The van der Waals surface area contributed by atoms with E-state index in [-0.39, 0.29) is 5.91 Å². The molecular formula is C25H30Cl2N8O. The summed E-state index contributed by atoms with van der Waals surface area (Å²) in [5, 5.41) is 7.97. The summed E-state index contributed by atoms with van der Waals surface area (Å²) < 4.78 is 0. The fourth-order valence-electron chi connectivity index (χ4n) is 5.22. The quantitative estimate of drug-likeness (QED) is 0.532. The fourth-order valence-corrected chi connectivity index (χ4v) is 5.60. The minimum atomic E-state index is 0.0823. The molecule has 0 unspecified atom stereocenters. The van der Waals surface area contributed by atoms with Crippen LogP contribution in [0.3, 0.4) is 0 Å². The molecule has 3 aromatic rings. The molecule has 1 amide bonds. The van der Waals surface area contributed by atoms with Crippen molar-refractivity contribution in [2.45, 2.75) is 45.2 Å². The zero-order valence-corrected chi connectivity index (χ0v) is 22.0. The van der Waals surface area contributed by atoms with Gasteiger partial charge in [0.1, 0.15) is 11.5 Å². The Morgan fingerprint density at radius 2 is 1.83 bits per heavy atom. The van der Waals surface area contributed by atoms with Gasteiger partial charge in [0.05, 0.1) is 6.20 Å². The maximum Gasteiger partial charge on any atom is 0.253 e. The number of nitrogens with one attached hydrogen (secondary N) is 1. The van der Waals surface area contributed by atoms with Gasteiger partial charge in [-0.3, -0.25) is 14.8 Å². The smallest absolute Gasteiger partial charge is 0.253 e. The van der Waals surface area contributed by atoms with Gasteiger partial charge < -0.3 is 9.80 Å². The van der Waals surface area contributed by atoms with Crippen LogP contribution in [0.5, 0.6) is 0 Å². The minimum Gasteiger partial charge on any atom is -0.351 e. The van der Waals surface area contributed by atoms with Crippen molar-refractivity contribution in [2.24, 2.45) is 0 Å². The normalized spacial score (nSPS) is 19.6. The van der Waals surface area contributed by atoms with Crippen LogP contribution in [0.1, 0.15) is 42.4 Å². The van der Waals surface area contributed by atoms with E-state index in [9.17, 15) is 4.79 Å². The van der Waals surface area contributed by atoms with E-state index in [1.807, 2.05) is 11.8 Å². The largest absolute Gasteiger partial charge is 0.351 e. The number of aromatic amines is 1. The van der Waals surface area contributed by atoms with Crippen molar-refractivity contribution in [3.8, 4) is 11.5 Å². The van der Waals surface area contributed by atoms with E-state index in [1.54, 1.807) is 30.5 Å². The second-order valence-electron chi connectivity index (χ2n) is 9.39. The van der Waals surface area contributed by atoms with Crippen molar-refractivity contribution in [2.75, 3.05) is 37.6 Å². The number of nitrogens with zero attached hydrogens (tertiary/aromatic N) is 7. The van der Waals surface area contributed by atoms with Crippen molar-refractivity contribution >= 4 is 34.9 Å². The Labute approximate surface area is 220 Å². The lowest BCUT2D eigenvalue weighted by molar-refractivity contribution is 0.0491. The van der Waals surface area contributed by atoms with Gasteiger partial charge in [-0.1, -0.05) is 30.1 Å². The monoisotopic (exact) mass is 528 g/mol. The first-order valence-electron chi connectivity index (χ1n) is 12.4. The maximum absolute atomic E-state index is 12.9. The van der Waals surface area contributed by atoms with Crippen LogP contribution >= 0.6 is 23.2 Å². The molecule has 5 rings (SSSR count). The van der Waals surface area contributed by atoms with Crippen molar-refractivity contribution in [1.82, 2.24) is 34.9 Å². The van der Waals surface area contributed by atoms with Gasteiger partial charge in [-0.25, -0.2) is 15.0 Å². The summed E-state index contributed by atoms with van der Waals surface area (Å²) in [6.07, 6.45) is 4.66. The Morgan fingerprint density at radius 3 is 2.47 bits per heavy atom. The second kappa shape index (κ2) is 10.7. The number of hydrogen-bond donors (Lipinski definition) is 1. The molecular weight excluding hydrogens is 499 g/mol. The van der Waals surface area contributed by atoms with Crippen molar-refractivity contribution in [3.05, 3.63) is 52.0 Å². The summed E-state index contributed by atoms with van der Waals surface area (Å²) in [6.45, 7) is 8.19. The first-order valence-corrected chi connectivity index (χ1v) is 13.2. The highest BCUT2D eigenvalue weighted by atomic mass is 35.5. The number of aromatic nitrogens is 5. The number of aryl methyl sites for hydroxylation is 1.